The fraction of sp³-hybridized carbons (Fsp3) is 0.409. The fourth-order valence-corrected chi connectivity index (χ4v) is 4.07. The monoisotopic (exact) mass is 441 g/mol. The van der Waals surface area contributed by atoms with E-state index in [9.17, 15) is 18.0 Å². The summed E-state index contributed by atoms with van der Waals surface area (Å²) in [5, 5.41) is 3.59. The van der Waals surface area contributed by atoms with Crippen molar-refractivity contribution in [3.63, 3.8) is 0 Å². The average Bonchev–Trinajstić information content (AvgIpc) is 2.71. The zero-order valence-corrected chi connectivity index (χ0v) is 17.1. The van der Waals surface area contributed by atoms with Crippen molar-refractivity contribution in [3.8, 4) is 5.75 Å². The molecular weight excluding hydrogens is 419 g/mol. The molecule has 1 heterocycles. The highest BCUT2D eigenvalue weighted by molar-refractivity contribution is 6.31. The molecule has 162 valence electrons. The molecule has 4 nitrogen and oxygen atoms in total. The first-order valence-electron chi connectivity index (χ1n) is 9.72. The molecule has 0 saturated carbocycles. The predicted molar refractivity (Wildman–Crippen MR) is 108 cm³/mol. The van der Waals surface area contributed by atoms with Crippen molar-refractivity contribution in [2.75, 3.05) is 19.8 Å². The second kappa shape index (κ2) is 9.71. The molecule has 0 spiro atoms. The van der Waals surface area contributed by atoms with Crippen LogP contribution in [-0.2, 0) is 21.4 Å². The third-order valence-corrected chi connectivity index (χ3v) is 5.67. The Balaban J connectivity index is 1.63. The predicted octanol–water partition coefficient (Wildman–Crippen LogP) is 5.04. The summed E-state index contributed by atoms with van der Waals surface area (Å²) in [5.74, 6) is -0.524. The van der Waals surface area contributed by atoms with Gasteiger partial charge < -0.3 is 14.8 Å². The maximum Gasteiger partial charge on any atom is 0.573 e. The lowest BCUT2D eigenvalue weighted by Gasteiger charge is -2.38. The molecule has 0 aliphatic carbocycles. The molecule has 0 bridgehead atoms. The second-order valence-electron chi connectivity index (χ2n) is 7.30. The van der Waals surface area contributed by atoms with Gasteiger partial charge in [-0.3, -0.25) is 4.79 Å². The Bertz CT molecular complexity index is 867. The lowest BCUT2D eigenvalue weighted by atomic mass is 9.74. The maximum absolute atomic E-state index is 12.6. The number of hydrogen-bond acceptors (Lipinski definition) is 3. The Kier molecular flexibility index (Phi) is 7.26. The summed E-state index contributed by atoms with van der Waals surface area (Å²) >= 11 is 6.41. The van der Waals surface area contributed by atoms with Crippen LogP contribution in [0.2, 0.25) is 5.02 Å². The van der Waals surface area contributed by atoms with E-state index in [1.807, 2.05) is 24.3 Å². The first kappa shape index (κ1) is 22.4. The molecule has 30 heavy (non-hydrogen) atoms. The van der Waals surface area contributed by atoms with Crippen LogP contribution in [0.4, 0.5) is 13.2 Å². The number of carbonyl (C=O) groups is 1. The van der Waals surface area contributed by atoms with Gasteiger partial charge in [-0.2, -0.15) is 0 Å². The third kappa shape index (κ3) is 5.89. The van der Waals surface area contributed by atoms with E-state index in [4.69, 9.17) is 16.3 Å². The van der Waals surface area contributed by atoms with Crippen molar-refractivity contribution in [1.82, 2.24) is 5.32 Å². The highest BCUT2D eigenvalue weighted by atomic mass is 35.5. The third-order valence-electron chi connectivity index (χ3n) is 5.34. The van der Waals surface area contributed by atoms with Crippen LogP contribution in [0.15, 0.2) is 48.5 Å². The minimum atomic E-state index is -4.78. The van der Waals surface area contributed by atoms with Gasteiger partial charge in [0, 0.05) is 36.6 Å². The lowest BCUT2D eigenvalue weighted by Crippen LogP contribution is -2.44. The van der Waals surface area contributed by atoms with Crippen LogP contribution in [0, 0.1) is 0 Å². The summed E-state index contributed by atoms with van der Waals surface area (Å²) in [4.78, 5) is 12.5. The van der Waals surface area contributed by atoms with Gasteiger partial charge in [-0.1, -0.05) is 48.0 Å². The van der Waals surface area contributed by atoms with Gasteiger partial charge in [0.1, 0.15) is 5.75 Å². The molecule has 0 unspecified atom stereocenters. The SMILES string of the molecule is O=C(CCc1ccccc1OC(F)(F)F)NCC1(c2ccccc2Cl)CCOCC1. The number of hydrogen-bond donors (Lipinski definition) is 1. The topological polar surface area (TPSA) is 47.6 Å². The van der Waals surface area contributed by atoms with Gasteiger partial charge in [-0.25, -0.2) is 0 Å². The molecule has 1 saturated heterocycles. The minimum Gasteiger partial charge on any atom is -0.406 e. The van der Waals surface area contributed by atoms with Crippen molar-refractivity contribution in [2.45, 2.75) is 37.5 Å². The molecule has 1 aliphatic rings. The number of amides is 1. The van der Waals surface area contributed by atoms with Gasteiger partial charge >= 0.3 is 6.36 Å². The smallest absolute Gasteiger partial charge is 0.406 e. The van der Waals surface area contributed by atoms with Crippen molar-refractivity contribution in [2.24, 2.45) is 0 Å². The number of nitrogens with one attached hydrogen (secondary N) is 1. The number of benzene rings is 2. The van der Waals surface area contributed by atoms with E-state index in [2.05, 4.69) is 10.1 Å². The van der Waals surface area contributed by atoms with E-state index in [0.29, 0.717) is 30.3 Å². The van der Waals surface area contributed by atoms with E-state index in [1.54, 1.807) is 6.07 Å². The average molecular weight is 442 g/mol. The van der Waals surface area contributed by atoms with Crippen LogP contribution in [0.5, 0.6) is 5.75 Å². The Hall–Kier alpha value is -2.25. The number of aryl methyl sites for hydroxylation is 1. The van der Waals surface area contributed by atoms with Crippen LogP contribution >= 0.6 is 11.6 Å². The van der Waals surface area contributed by atoms with E-state index >= 15 is 0 Å². The Morgan fingerprint density at radius 1 is 1.10 bits per heavy atom. The summed E-state index contributed by atoms with van der Waals surface area (Å²) < 4.78 is 47.2. The van der Waals surface area contributed by atoms with Crippen LogP contribution in [0.3, 0.4) is 0 Å². The Morgan fingerprint density at radius 3 is 2.47 bits per heavy atom. The van der Waals surface area contributed by atoms with Crippen molar-refractivity contribution >= 4 is 17.5 Å². The standard InChI is InChI=1S/C22H23ClF3NO3/c23-18-7-3-2-6-17(18)21(11-13-29-14-12-21)15-27-20(28)10-9-16-5-1-4-8-19(16)30-22(24,25)26/h1-8H,9-15H2,(H,27,28). The summed E-state index contributed by atoms with van der Waals surface area (Å²) in [6, 6.07) is 13.4. The van der Waals surface area contributed by atoms with Gasteiger partial charge in [0.25, 0.3) is 0 Å². The molecule has 1 fully saturated rings. The number of alkyl halides is 3. The molecular formula is C22H23ClF3NO3. The molecule has 3 rings (SSSR count). The summed E-state index contributed by atoms with van der Waals surface area (Å²) in [6.45, 7) is 1.53. The number of rotatable bonds is 7. The summed E-state index contributed by atoms with van der Waals surface area (Å²) in [7, 11) is 0. The highest BCUT2D eigenvalue weighted by Crippen LogP contribution is 2.38. The van der Waals surface area contributed by atoms with Crippen molar-refractivity contribution in [3.05, 3.63) is 64.7 Å². The Labute approximate surface area is 178 Å². The first-order valence-corrected chi connectivity index (χ1v) is 10.1. The lowest BCUT2D eigenvalue weighted by molar-refractivity contribution is -0.274. The summed E-state index contributed by atoms with van der Waals surface area (Å²) in [6.07, 6.45) is -3.14. The molecule has 2 aromatic carbocycles. The first-order chi connectivity index (χ1) is 14.3. The largest absolute Gasteiger partial charge is 0.573 e. The van der Waals surface area contributed by atoms with Crippen LogP contribution < -0.4 is 10.1 Å². The van der Waals surface area contributed by atoms with Crippen molar-refractivity contribution in [1.29, 1.82) is 0 Å². The molecule has 1 N–H and O–H groups in total. The molecule has 8 heteroatoms. The minimum absolute atomic E-state index is 0.0489. The van der Waals surface area contributed by atoms with Gasteiger partial charge in [-0.15, -0.1) is 13.2 Å². The van der Waals surface area contributed by atoms with E-state index in [-0.39, 0.29) is 29.9 Å². The zero-order chi connectivity index (χ0) is 21.6. The van der Waals surface area contributed by atoms with Gasteiger partial charge in [0.15, 0.2) is 0 Å². The number of halogens is 4. The quantitative estimate of drug-likeness (QED) is 0.655. The van der Waals surface area contributed by atoms with Crippen LogP contribution in [-0.4, -0.2) is 32.0 Å². The molecule has 0 atom stereocenters. The molecule has 2 aromatic rings. The van der Waals surface area contributed by atoms with Crippen molar-refractivity contribution < 1.29 is 27.4 Å². The summed E-state index contributed by atoms with van der Waals surface area (Å²) in [5.41, 5.74) is 0.972. The maximum atomic E-state index is 12.6. The zero-order valence-electron chi connectivity index (χ0n) is 16.3. The fourth-order valence-electron chi connectivity index (χ4n) is 3.73. The van der Waals surface area contributed by atoms with Gasteiger partial charge in [0.05, 0.1) is 0 Å². The molecule has 0 radical (unpaired) electrons. The van der Waals surface area contributed by atoms with Gasteiger partial charge in [-0.05, 0) is 42.5 Å². The number of carbonyl (C=O) groups excluding carboxylic acids is 1. The highest BCUT2D eigenvalue weighted by Gasteiger charge is 2.36. The number of ether oxygens (including phenoxy) is 2. The second-order valence-corrected chi connectivity index (χ2v) is 7.71. The van der Waals surface area contributed by atoms with E-state index in [0.717, 1.165) is 18.4 Å². The van der Waals surface area contributed by atoms with Crippen LogP contribution in [0.25, 0.3) is 0 Å². The number of para-hydroxylation sites is 1. The van der Waals surface area contributed by atoms with Gasteiger partial charge in [0.2, 0.25) is 5.91 Å². The van der Waals surface area contributed by atoms with E-state index < -0.39 is 6.36 Å². The normalized spacial score (nSPS) is 16.1. The van der Waals surface area contributed by atoms with Crippen LogP contribution in [0.1, 0.15) is 30.4 Å². The molecule has 1 amide bonds. The van der Waals surface area contributed by atoms with E-state index in [1.165, 1.54) is 18.2 Å². The Morgan fingerprint density at radius 2 is 1.77 bits per heavy atom. The molecule has 0 aromatic heterocycles. The molecule has 1 aliphatic heterocycles.